The molecule has 0 radical (unpaired) electrons. The summed E-state index contributed by atoms with van der Waals surface area (Å²) in [6.45, 7) is 0.809. The van der Waals surface area contributed by atoms with Gasteiger partial charge in [0, 0.05) is 36.9 Å². The van der Waals surface area contributed by atoms with E-state index in [4.69, 9.17) is 4.74 Å². The fourth-order valence-corrected chi connectivity index (χ4v) is 2.55. The lowest BCUT2D eigenvalue weighted by molar-refractivity contribution is 0.0947. The standard InChI is InChI=1S/C20H21N3O2/c1-23(2)17-9-3-7-16(14-17)20(24)22-12-13-25-18-10-4-6-15-8-5-11-21-19(15)18/h3-11,14H,12-13H2,1-2H3,(H,22,24). The lowest BCUT2D eigenvalue weighted by atomic mass is 10.2. The van der Waals surface area contributed by atoms with Crippen LogP contribution in [0.5, 0.6) is 5.75 Å². The second kappa shape index (κ2) is 7.66. The number of carbonyl (C=O) groups is 1. The molecule has 3 rings (SSSR count). The summed E-state index contributed by atoms with van der Waals surface area (Å²) in [5.41, 5.74) is 2.46. The number of fused-ring (bicyclic) bond motifs is 1. The van der Waals surface area contributed by atoms with E-state index in [2.05, 4.69) is 10.3 Å². The highest BCUT2D eigenvalue weighted by molar-refractivity contribution is 5.95. The largest absolute Gasteiger partial charge is 0.489 e. The molecule has 3 aromatic rings. The Morgan fingerprint density at radius 2 is 1.92 bits per heavy atom. The molecule has 128 valence electrons. The van der Waals surface area contributed by atoms with Gasteiger partial charge in [0.25, 0.3) is 5.91 Å². The Hall–Kier alpha value is -3.08. The average molecular weight is 335 g/mol. The van der Waals surface area contributed by atoms with Gasteiger partial charge in [-0.25, -0.2) is 0 Å². The summed E-state index contributed by atoms with van der Waals surface area (Å²) in [6, 6.07) is 17.2. The summed E-state index contributed by atoms with van der Waals surface area (Å²) >= 11 is 0. The van der Waals surface area contributed by atoms with Crippen LogP contribution < -0.4 is 15.0 Å². The fourth-order valence-electron chi connectivity index (χ4n) is 2.55. The minimum atomic E-state index is -0.108. The lowest BCUT2D eigenvalue weighted by Gasteiger charge is -2.13. The topological polar surface area (TPSA) is 54.5 Å². The summed E-state index contributed by atoms with van der Waals surface area (Å²) in [6.07, 6.45) is 1.74. The van der Waals surface area contributed by atoms with Gasteiger partial charge in [-0.15, -0.1) is 0 Å². The first-order valence-corrected chi connectivity index (χ1v) is 8.17. The molecule has 0 aliphatic heterocycles. The predicted molar refractivity (Wildman–Crippen MR) is 100 cm³/mol. The number of hydrogen-bond donors (Lipinski definition) is 1. The third-order valence-electron chi connectivity index (χ3n) is 3.87. The van der Waals surface area contributed by atoms with Crippen molar-refractivity contribution in [3.63, 3.8) is 0 Å². The van der Waals surface area contributed by atoms with E-state index in [0.29, 0.717) is 18.7 Å². The van der Waals surface area contributed by atoms with Gasteiger partial charge in [-0.3, -0.25) is 9.78 Å². The number of amides is 1. The van der Waals surface area contributed by atoms with Crippen LogP contribution in [0.4, 0.5) is 5.69 Å². The first kappa shape index (κ1) is 16.8. The van der Waals surface area contributed by atoms with Gasteiger partial charge in [0.05, 0.1) is 6.54 Å². The van der Waals surface area contributed by atoms with Crippen LogP contribution in [0.25, 0.3) is 10.9 Å². The third kappa shape index (κ3) is 4.07. The van der Waals surface area contributed by atoms with E-state index in [9.17, 15) is 4.79 Å². The second-order valence-electron chi connectivity index (χ2n) is 5.88. The van der Waals surface area contributed by atoms with Crippen LogP contribution in [-0.2, 0) is 0 Å². The lowest BCUT2D eigenvalue weighted by Crippen LogP contribution is -2.28. The van der Waals surface area contributed by atoms with Gasteiger partial charge >= 0.3 is 0 Å². The minimum absolute atomic E-state index is 0.108. The Morgan fingerprint density at radius 1 is 1.12 bits per heavy atom. The van der Waals surface area contributed by atoms with Gasteiger partial charge in [-0.1, -0.05) is 24.3 Å². The Kier molecular flexibility index (Phi) is 5.14. The van der Waals surface area contributed by atoms with Crippen LogP contribution in [-0.4, -0.2) is 38.1 Å². The van der Waals surface area contributed by atoms with E-state index in [1.54, 1.807) is 12.3 Å². The van der Waals surface area contributed by atoms with Crippen molar-refractivity contribution in [1.29, 1.82) is 0 Å². The molecule has 0 fully saturated rings. The number of anilines is 1. The Balaban J connectivity index is 1.56. The monoisotopic (exact) mass is 335 g/mol. The number of pyridine rings is 1. The number of nitrogens with zero attached hydrogens (tertiary/aromatic N) is 2. The molecule has 5 nitrogen and oxygen atoms in total. The molecule has 1 amide bonds. The quantitative estimate of drug-likeness (QED) is 0.703. The number of rotatable bonds is 6. The van der Waals surface area contributed by atoms with Crippen molar-refractivity contribution in [2.75, 3.05) is 32.1 Å². The zero-order valence-corrected chi connectivity index (χ0v) is 14.4. The molecule has 0 spiro atoms. The number of carbonyl (C=O) groups excluding carboxylic acids is 1. The van der Waals surface area contributed by atoms with Gasteiger partial charge in [-0.2, -0.15) is 0 Å². The van der Waals surface area contributed by atoms with Gasteiger partial charge in [-0.05, 0) is 30.3 Å². The van der Waals surface area contributed by atoms with Crippen LogP contribution >= 0.6 is 0 Å². The summed E-state index contributed by atoms with van der Waals surface area (Å²) in [5, 5.41) is 3.91. The molecule has 1 aromatic heterocycles. The first-order valence-electron chi connectivity index (χ1n) is 8.17. The summed E-state index contributed by atoms with van der Waals surface area (Å²) in [4.78, 5) is 18.6. The number of nitrogens with one attached hydrogen (secondary N) is 1. The number of hydrogen-bond acceptors (Lipinski definition) is 4. The average Bonchev–Trinajstić information content (AvgIpc) is 2.65. The molecule has 25 heavy (non-hydrogen) atoms. The number of ether oxygens (including phenoxy) is 1. The van der Waals surface area contributed by atoms with Crippen molar-refractivity contribution in [3.8, 4) is 5.75 Å². The van der Waals surface area contributed by atoms with E-state index in [0.717, 1.165) is 22.3 Å². The van der Waals surface area contributed by atoms with Gasteiger partial charge in [0.1, 0.15) is 17.9 Å². The van der Waals surface area contributed by atoms with Crippen molar-refractivity contribution >= 4 is 22.5 Å². The van der Waals surface area contributed by atoms with E-state index in [1.807, 2.05) is 67.5 Å². The van der Waals surface area contributed by atoms with Crippen molar-refractivity contribution in [2.45, 2.75) is 0 Å². The van der Waals surface area contributed by atoms with Crippen molar-refractivity contribution in [3.05, 3.63) is 66.4 Å². The maximum atomic E-state index is 12.2. The highest BCUT2D eigenvalue weighted by atomic mass is 16.5. The fraction of sp³-hybridized carbons (Fsp3) is 0.200. The number of benzene rings is 2. The first-order chi connectivity index (χ1) is 12.1. The summed E-state index contributed by atoms with van der Waals surface area (Å²) in [5.74, 6) is 0.616. The zero-order chi connectivity index (χ0) is 17.6. The molecule has 0 aliphatic rings. The van der Waals surface area contributed by atoms with Gasteiger partial charge in [0.15, 0.2) is 0 Å². The van der Waals surface area contributed by atoms with Crippen molar-refractivity contribution < 1.29 is 9.53 Å². The SMILES string of the molecule is CN(C)c1cccc(C(=O)NCCOc2cccc3cccnc23)c1. The van der Waals surface area contributed by atoms with Crippen molar-refractivity contribution in [1.82, 2.24) is 10.3 Å². The molecule has 1 N–H and O–H groups in total. The molecule has 0 unspecified atom stereocenters. The van der Waals surface area contributed by atoms with E-state index in [-0.39, 0.29) is 5.91 Å². The van der Waals surface area contributed by atoms with Crippen molar-refractivity contribution in [2.24, 2.45) is 0 Å². The summed E-state index contributed by atoms with van der Waals surface area (Å²) in [7, 11) is 3.89. The van der Waals surface area contributed by atoms with Crippen LogP contribution in [0.3, 0.4) is 0 Å². The van der Waals surface area contributed by atoms with Crippen LogP contribution in [0.1, 0.15) is 10.4 Å². The van der Waals surface area contributed by atoms with Crippen LogP contribution in [0, 0.1) is 0 Å². The van der Waals surface area contributed by atoms with Crippen LogP contribution in [0.2, 0.25) is 0 Å². The maximum absolute atomic E-state index is 12.2. The zero-order valence-electron chi connectivity index (χ0n) is 14.4. The van der Waals surface area contributed by atoms with Gasteiger partial charge < -0.3 is 15.0 Å². The molecule has 0 saturated carbocycles. The second-order valence-corrected chi connectivity index (χ2v) is 5.88. The smallest absolute Gasteiger partial charge is 0.251 e. The Labute approximate surface area is 147 Å². The van der Waals surface area contributed by atoms with E-state index < -0.39 is 0 Å². The maximum Gasteiger partial charge on any atom is 0.251 e. The molecule has 0 aliphatic carbocycles. The van der Waals surface area contributed by atoms with E-state index >= 15 is 0 Å². The minimum Gasteiger partial charge on any atom is -0.489 e. The van der Waals surface area contributed by atoms with E-state index in [1.165, 1.54) is 0 Å². The summed E-state index contributed by atoms with van der Waals surface area (Å²) < 4.78 is 5.78. The predicted octanol–water partition coefficient (Wildman–Crippen LogP) is 3.11. The highest BCUT2D eigenvalue weighted by Gasteiger charge is 2.07. The molecule has 1 heterocycles. The highest BCUT2D eigenvalue weighted by Crippen LogP contribution is 2.22. The molecular weight excluding hydrogens is 314 g/mol. The normalized spacial score (nSPS) is 10.5. The number of aromatic nitrogens is 1. The molecule has 0 bridgehead atoms. The molecule has 5 heteroatoms. The number of para-hydroxylation sites is 1. The third-order valence-corrected chi connectivity index (χ3v) is 3.87. The Bertz CT molecular complexity index is 872. The van der Waals surface area contributed by atoms with Crippen LogP contribution in [0.15, 0.2) is 60.8 Å². The van der Waals surface area contributed by atoms with Gasteiger partial charge in [0.2, 0.25) is 0 Å². The molecular formula is C20H21N3O2. The molecule has 0 saturated heterocycles. The Morgan fingerprint density at radius 3 is 2.76 bits per heavy atom. The molecule has 2 aromatic carbocycles. The molecule has 0 atom stereocenters.